The summed E-state index contributed by atoms with van der Waals surface area (Å²) >= 11 is 3.40. The predicted molar refractivity (Wildman–Crippen MR) is 70.9 cm³/mol. The first-order chi connectivity index (χ1) is 8.77. The molecule has 0 aliphatic heterocycles. The number of hydrogen-bond acceptors (Lipinski definition) is 3. The van der Waals surface area contributed by atoms with Gasteiger partial charge in [0, 0.05) is 18.3 Å². The van der Waals surface area contributed by atoms with Crippen LogP contribution in [0.2, 0.25) is 0 Å². The minimum Gasteiger partial charge on any atom is -0.292 e. The summed E-state index contributed by atoms with van der Waals surface area (Å²) in [4.78, 5) is 20.3. The molecular formula is C12H13BrN4O. The summed E-state index contributed by atoms with van der Waals surface area (Å²) in [7, 11) is 0. The Morgan fingerprint density at radius 1 is 1.33 bits per heavy atom. The van der Waals surface area contributed by atoms with E-state index in [1.54, 1.807) is 18.6 Å². The lowest BCUT2D eigenvalue weighted by Crippen LogP contribution is -2.16. The third-order valence-corrected chi connectivity index (χ3v) is 4.17. The molecule has 0 bridgehead atoms. The van der Waals surface area contributed by atoms with Gasteiger partial charge in [-0.1, -0.05) is 12.8 Å². The van der Waals surface area contributed by atoms with Gasteiger partial charge in [-0.05, 0) is 28.8 Å². The number of hydrogen-bond donors (Lipinski definition) is 1. The zero-order chi connectivity index (χ0) is 12.5. The van der Waals surface area contributed by atoms with Crippen molar-refractivity contribution in [2.24, 2.45) is 0 Å². The van der Waals surface area contributed by atoms with E-state index in [-0.39, 0.29) is 5.56 Å². The molecule has 5 nitrogen and oxygen atoms in total. The topological polar surface area (TPSA) is 63.6 Å². The SMILES string of the molecule is O=c1c(Br)c(C2CCCC2)[nH]n1-c1cnccn1. The summed E-state index contributed by atoms with van der Waals surface area (Å²) in [6, 6.07) is 0. The van der Waals surface area contributed by atoms with E-state index in [1.165, 1.54) is 17.5 Å². The van der Waals surface area contributed by atoms with Crippen LogP contribution < -0.4 is 5.56 Å². The first-order valence-corrected chi connectivity index (χ1v) is 6.83. The third kappa shape index (κ3) is 1.90. The van der Waals surface area contributed by atoms with E-state index in [0.29, 0.717) is 16.2 Å². The molecule has 2 aromatic rings. The number of H-pyrrole nitrogens is 1. The van der Waals surface area contributed by atoms with Crippen LogP contribution >= 0.6 is 15.9 Å². The van der Waals surface area contributed by atoms with Crippen LogP contribution in [0, 0.1) is 0 Å². The molecule has 1 fully saturated rings. The molecular weight excluding hydrogens is 296 g/mol. The minimum atomic E-state index is -0.0996. The zero-order valence-corrected chi connectivity index (χ0v) is 11.4. The normalized spacial score (nSPS) is 16.3. The van der Waals surface area contributed by atoms with E-state index in [0.717, 1.165) is 18.5 Å². The van der Waals surface area contributed by atoms with Crippen molar-refractivity contribution in [3.63, 3.8) is 0 Å². The molecule has 94 valence electrons. The molecule has 0 unspecified atom stereocenters. The molecule has 18 heavy (non-hydrogen) atoms. The monoisotopic (exact) mass is 308 g/mol. The number of nitrogens with one attached hydrogen (secondary N) is 1. The maximum atomic E-state index is 12.2. The highest BCUT2D eigenvalue weighted by molar-refractivity contribution is 9.10. The Morgan fingerprint density at radius 3 is 2.78 bits per heavy atom. The Balaban J connectivity index is 2.07. The van der Waals surface area contributed by atoms with Crippen molar-refractivity contribution in [1.29, 1.82) is 0 Å². The lowest BCUT2D eigenvalue weighted by atomic mass is 10.1. The highest BCUT2D eigenvalue weighted by Gasteiger charge is 2.24. The van der Waals surface area contributed by atoms with Gasteiger partial charge >= 0.3 is 0 Å². The molecule has 1 aliphatic rings. The van der Waals surface area contributed by atoms with Crippen molar-refractivity contribution < 1.29 is 0 Å². The van der Waals surface area contributed by atoms with Gasteiger partial charge in [-0.3, -0.25) is 14.9 Å². The van der Waals surface area contributed by atoms with Gasteiger partial charge in [-0.15, -0.1) is 0 Å². The second-order valence-corrected chi connectivity index (χ2v) is 5.32. The van der Waals surface area contributed by atoms with E-state index in [1.807, 2.05) is 0 Å². The molecule has 0 radical (unpaired) electrons. The van der Waals surface area contributed by atoms with Crippen LogP contribution in [0.1, 0.15) is 37.3 Å². The fourth-order valence-corrected chi connectivity index (χ4v) is 3.08. The molecule has 0 atom stereocenters. The quantitative estimate of drug-likeness (QED) is 0.926. The maximum absolute atomic E-state index is 12.2. The van der Waals surface area contributed by atoms with Gasteiger partial charge in [-0.2, -0.15) is 4.68 Å². The first-order valence-electron chi connectivity index (χ1n) is 6.04. The Kier molecular flexibility index (Phi) is 3.03. The highest BCUT2D eigenvalue weighted by Crippen LogP contribution is 2.35. The average molecular weight is 309 g/mol. The van der Waals surface area contributed by atoms with Crippen molar-refractivity contribution in [2.75, 3.05) is 0 Å². The number of halogens is 1. The van der Waals surface area contributed by atoms with Crippen LogP contribution in [-0.2, 0) is 0 Å². The standard InChI is InChI=1S/C12H13BrN4O/c13-10-11(8-3-1-2-4-8)16-17(12(10)18)9-7-14-5-6-15-9/h5-8,16H,1-4H2. The van der Waals surface area contributed by atoms with Gasteiger partial charge in [0.05, 0.1) is 11.9 Å². The summed E-state index contributed by atoms with van der Waals surface area (Å²) in [5.74, 6) is 0.970. The number of aromatic amines is 1. The van der Waals surface area contributed by atoms with E-state index in [2.05, 4.69) is 31.0 Å². The summed E-state index contributed by atoms with van der Waals surface area (Å²) in [6.07, 6.45) is 9.47. The van der Waals surface area contributed by atoms with Crippen LogP contribution in [-0.4, -0.2) is 19.7 Å². The van der Waals surface area contributed by atoms with Crippen LogP contribution in [0.5, 0.6) is 0 Å². The van der Waals surface area contributed by atoms with Crippen molar-refractivity contribution in [2.45, 2.75) is 31.6 Å². The Hall–Kier alpha value is -1.43. The summed E-state index contributed by atoms with van der Waals surface area (Å²) in [6.45, 7) is 0. The van der Waals surface area contributed by atoms with E-state index >= 15 is 0 Å². The molecule has 6 heteroatoms. The van der Waals surface area contributed by atoms with E-state index in [9.17, 15) is 4.79 Å². The molecule has 0 amide bonds. The van der Waals surface area contributed by atoms with Crippen LogP contribution in [0.3, 0.4) is 0 Å². The van der Waals surface area contributed by atoms with Crippen LogP contribution in [0.4, 0.5) is 0 Å². The van der Waals surface area contributed by atoms with Crippen molar-refractivity contribution in [3.8, 4) is 5.82 Å². The second kappa shape index (κ2) is 4.68. The van der Waals surface area contributed by atoms with Gasteiger partial charge in [0.15, 0.2) is 5.82 Å². The molecule has 0 aromatic carbocycles. The van der Waals surface area contributed by atoms with E-state index < -0.39 is 0 Å². The lowest BCUT2D eigenvalue weighted by molar-refractivity contribution is 0.671. The number of rotatable bonds is 2. The van der Waals surface area contributed by atoms with Gasteiger partial charge < -0.3 is 0 Å². The molecule has 0 spiro atoms. The Bertz CT molecular complexity index is 598. The zero-order valence-electron chi connectivity index (χ0n) is 9.77. The van der Waals surface area contributed by atoms with E-state index in [4.69, 9.17) is 0 Å². The van der Waals surface area contributed by atoms with Gasteiger partial charge in [0.25, 0.3) is 5.56 Å². The average Bonchev–Trinajstić information content (AvgIpc) is 3.01. The molecule has 1 saturated carbocycles. The maximum Gasteiger partial charge on any atom is 0.287 e. The van der Waals surface area contributed by atoms with Crippen molar-refractivity contribution in [1.82, 2.24) is 19.7 Å². The van der Waals surface area contributed by atoms with Gasteiger partial charge in [0.2, 0.25) is 0 Å². The highest BCUT2D eigenvalue weighted by atomic mass is 79.9. The van der Waals surface area contributed by atoms with Crippen molar-refractivity contribution in [3.05, 3.63) is 39.1 Å². The van der Waals surface area contributed by atoms with Gasteiger partial charge in [-0.25, -0.2) is 4.98 Å². The Labute approximate surface area is 112 Å². The fraction of sp³-hybridized carbons (Fsp3) is 0.417. The lowest BCUT2D eigenvalue weighted by Gasteiger charge is -2.06. The molecule has 2 aromatic heterocycles. The second-order valence-electron chi connectivity index (χ2n) is 4.53. The molecule has 1 aliphatic carbocycles. The van der Waals surface area contributed by atoms with Crippen molar-refractivity contribution >= 4 is 15.9 Å². The fourth-order valence-electron chi connectivity index (χ4n) is 2.49. The Morgan fingerprint density at radius 2 is 2.11 bits per heavy atom. The summed E-state index contributed by atoms with van der Waals surface area (Å²) in [5, 5.41) is 3.16. The molecule has 2 heterocycles. The summed E-state index contributed by atoms with van der Waals surface area (Å²) in [5.41, 5.74) is 0.889. The molecule has 0 saturated heterocycles. The van der Waals surface area contributed by atoms with Gasteiger partial charge in [0.1, 0.15) is 4.47 Å². The largest absolute Gasteiger partial charge is 0.292 e. The first kappa shape index (κ1) is 11.6. The molecule has 1 N–H and O–H groups in total. The molecule has 3 rings (SSSR count). The van der Waals surface area contributed by atoms with Crippen LogP contribution in [0.25, 0.3) is 5.82 Å². The smallest absolute Gasteiger partial charge is 0.287 e. The number of nitrogens with zero attached hydrogens (tertiary/aromatic N) is 3. The predicted octanol–water partition coefficient (Wildman–Crippen LogP) is 2.38. The third-order valence-electron chi connectivity index (χ3n) is 3.40. The van der Waals surface area contributed by atoms with Crippen LogP contribution in [0.15, 0.2) is 27.9 Å². The number of aromatic nitrogens is 4. The summed E-state index contributed by atoms with van der Waals surface area (Å²) < 4.78 is 2.07. The minimum absolute atomic E-state index is 0.0996.